The fourth-order valence-electron chi connectivity index (χ4n) is 3.86. The first-order chi connectivity index (χ1) is 17.1. The van der Waals surface area contributed by atoms with E-state index in [1.54, 1.807) is 4.68 Å². The van der Waals surface area contributed by atoms with Crippen LogP contribution in [-0.2, 0) is 13.5 Å². The van der Waals surface area contributed by atoms with E-state index in [2.05, 4.69) is 32.9 Å². The summed E-state index contributed by atoms with van der Waals surface area (Å²) >= 11 is 0. The topological polar surface area (TPSA) is 87.8 Å². The van der Waals surface area contributed by atoms with Gasteiger partial charge in [0.1, 0.15) is 6.10 Å². The lowest BCUT2D eigenvalue weighted by molar-refractivity contribution is 0.194. The standard InChI is InChI=1S/C22H24N6O.C6H6/c1-15-7-16(9-23)3-4-17(15)5-6-24-12-20-13-25-21-8-18(10-26-22(21)29-20)19-11-27-28(2)14-19;1-2-4-6-5-3-1/h3-4,7-8,10-11,14,20,24-25H,5-6,12-13H2,1-2H3;1-6H. The van der Waals surface area contributed by atoms with Crippen LogP contribution >= 0.6 is 0 Å². The van der Waals surface area contributed by atoms with Crippen LogP contribution in [0.2, 0.25) is 0 Å². The number of anilines is 1. The summed E-state index contributed by atoms with van der Waals surface area (Å²) in [6.45, 7) is 4.38. The van der Waals surface area contributed by atoms with Crippen molar-refractivity contribution in [2.45, 2.75) is 19.4 Å². The molecule has 0 bridgehead atoms. The third-order valence-corrected chi connectivity index (χ3v) is 5.77. The molecule has 0 saturated heterocycles. The van der Waals surface area contributed by atoms with Gasteiger partial charge in [0, 0.05) is 37.1 Å². The molecule has 7 nitrogen and oxygen atoms in total. The first kappa shape index (κ1) is 24.0. The Kier molecular flexibility index (Phi) is 8.10. The number of nitrogens with zero attached hydrogens (tertiary/aromatic N) is 4. The second-order valence-corrected chi connectivity index (χ2v) is 8.46. The van der Waals surface area contributed by atoms with Gasteiger partial charge >= 0.3 is 0 Å². The molecule has 3 heterocycles. The maximum atomic E-state index is 8.96. The molecule has 2 aromatic heterocycles. The molecule has 2 N–H and O–H groups in total. The molecule has 1 atom stereocenters. The molecule has 1 aliphatic rings. The Morgan fingerprint density at radius 3 is 2.54 bits per heavy atom. The minimum atomic E-state index is 0.0290. The Morgan fingerprint density at radius 2 is 1.89 bits per heavy atom. The number of benzene rings is 2. The normalized spacial score (nSPS) is 13.9. The van der Waals surface area contributed by atoms with E-state index in [1.165, 1.54) is 5.56 Å². The van der Waals surface area contributed by atoms with Gasteiger partial charge in [-0.3, -0.25) is 4.68 Å². The number of pyridine rings is 1. The monoisotopic (exact) mass is 466 g/mol. The molecule has 7 heteroatoms. The molecule has 35 heavy (non-hydrogen) atoms. The maximum absolute atomic E-state index is 8.96. The van der Waals surface area contributed by atoms with E-state index in [0.29, 0.717) is 11.4 Å². The number of aromatic nitrogens is 3. The predicted octanol–water partition coefficient (Wildman–Crippen LogP) is 4.35. The molecule has 4 aromatic rings. The Morgan fingerprint density at radius 1 is 1.11 bits per heavy atom. The second kappa shape index (κ2) is 11.8. The van der Waals surface area contributed by atoms with Gasteiger partial charge in [0.25, 0.3) is 0 Å². The Balaban J connectivity index is 0.000000421. The van der Waals surface area contributed by atoms with E-state index >= 15 is 0 Å². The second-order valence-electron chi connectivity index (χ2n) is 8.46. The molecule has 0 radical (unpaired) electrons. The van der Waals surface area contributed by atoms with E-state index in [1.807, 2.05) is 87.2 Å². The quantitative estimate of drug-likeness (QED) is 0.411. The van der Waals surface area contributed by atoms with Crippen molar-refractivity contribution in [3.05, 3.63) is 95.9 Å². The lowest BCUT2D eigenvalue weighted by Gasteiger charge is -2.27. The zero-order chi connectivity index (χ0) is 24.5. The van der Waals surface area contributed by atoms with Crippen molar-refractivity contribution in [1.82, 2.24) is 20.1 Å². The third-order valence-electron chi connectivity index (χ3n) is 5.77. The predicted molar refractivity (Wildman–Crippen MR) is 138 cm³/mol. The fraction of sp³-hybridized carbons (Fsp3) is 0.250. The summed E-state index contributed by atoms with van der Waals surface area (Å²) in [5.41, 5.74) is 6.08. The van der Waals surface area contributed by atoms with Gasteiger partial charge < -0.3 is 15.4 Å². The average molecular weight is 467 g/mol. The molecule has 0 fully saturated rings. The van der Waals surface area contributed by atoms with Gasteiger partial charge in [0.15, 0.2) is 0 Å². The number of nitriles is 1. The first-order valence-corrected chi connectivity index (χ1v) is 11.7. The van der Waals surface area contributed by atoms with E-state index in [4.69, 9.17) is 10.00 Å². The third kappa shape index (κ3) is 6.69. The number of fused-ring (bicyclic) bond motifs is 1. The Hall–Kier alpha value is -4.15. The van der Waals surface area contributed by atoms with Crippen molar-refractivity contribution < 1.29 is 4.74 Å². The summed E-state index contributed by atoms with van der Waals surface area (Å²) in [7, 11) is 1.90. The molecule has 5 rings (SSSR count). The van der Waals surface area contributed by atoms with Crippen LogP contribution in [-0.4, -0.2) is 40.5 Å². The molecule has 0 saturated carbocycles. The highest BCUT2D eigenvalue weighted by molar-refractivity contribution is 5.69. The van der Waals surface area contributed by atoms with Crippen molar-refractivity contribution in [2.75, 3.05) is 25.0 Å². The zero-order valence-corrected chi connectivity index (χ0v) is 20.1. The summed E-state index contributed by atoms with van der Waals surface area (Å²) in [6, 6.07) is 22.1. The number of ether oxygens (including phenoxy) is 1. The molecule has 0 aliphatic carbocycles. The Labute approximate surface area is 206 Å². The zero-order valence-electron chi connectivity index (χ0n) is 20.1. The van der Waals surface area contributed by atoms with Crippen LogP contribution < -0.4 is 15.4 Å². The number of hydrogen-bond donors (Lipinski definition) is 2. The summed E-state index contributed by atoms with van der Waals surface area (Å²) in [5, 5.41) is 20.1. The van der Waals surface area contributed by atoms with Gasteiger partial charge in [-0.05, 0) is 49.2 Å². The summed E-state index contributed by atoms with van der Waals surface area (Å²) < 4.78 is 7.82. The van der Waals surface area contributed by atoms with Gasteiger partial charge in [-0.1, -0.05) is 42.5 Å². The molecule has 1 aliphatic heterocycles. The van der Waals surface area contributed by atoms with Crippen LogP contribution in [0.25, 0.3) is 11.1 Å². The van der Waals surface area contributed by atoms with Crippen molar-refractivity contribution >= 4 is 5.69 Å². The molecule has 1 unspecified atom stereocenters. The van der Waals surface area contributed by atoms with E-state index in [9.17, 15) is 0 Å². The number of aryl methyl sites for hydroxylation is 2. The lowest BCUT2D eigenvalue weighted by atomic mass is 10.0. The van der Waals surface area contributed by atoms with E-state index in [0.717, 1.165) is 48.4 Å². The van der Waals surface area contributed by atoms with Gasteiger partial charge in [-0.25, -0.2) is 4.98 Å². The largest absolute Gasteiger partial charge is 0.470 e. The molecular weight excluding hydrogens is 436 g/mol. The minimum Gasteiger partial charge on any atom is -0.470 e. The van der Waals surface area contributed by atoms with Gasteiger partial charge in [0.05, 0.1) is 30.1 Å². The van der Waals surface area contributed by atoms with Crippen molar-refractivity contribution in [3.63, 3.8) is 0 Å². The van der Waals surface area contributed by atoms with Crippen molar-refractivity contribution in [3.8, 4) is 23.1 Å². The fourth-order valence-corrected chi connectivity index (χ4v) is 3.86. The molecule has 0 amide bonds. The van der Waals surface area contributed by atoms with Gasteiger partial charge in [-0.15, -0.1) is 0 Å². The van der Waals surface area contributed by atoms with Crippen LogP contribution in [0.3, 0.4) is 0 Å². The average Bonchev–Trinajstić information content (AvgIpc) is 3.34. The molecule has 178 valence electrons. The smallest absolute Gasteiger partial charge is 0.237 e. The number of hydrogen-bond acceptors (Lipinski definition) is 6. The molecular formula is C28H30N6O. The maximum Gasteiger partial charge on any atom is 0.237 e. The summed E-state index contributed by atoms with van der Waals surface area (Å²) in [4.78, 5) is 4.48. The van der Waals surface area contributed by atoms with Crippen LogP contribution in [0.5, 0.6) is 5.88 Å². The minimum absolute atomic E-state index is 0.0290. The van der Waals surface area contributed by atoms with Crippen LogP contribution in [0.1, 0.15) is 16.7 Å². The van der Waals surface area contributed by atoms with Gasteiger partial charge in [-0.2, -0.15) is 10.4 Å². The van der Waals surface area contributed by atoms with Crippen LogP contribution in [0, 0.1) is 18.3 Å². The van der Waals surface area contributed by atoms with Gasteiger partial charge in [0.2, 0.25) is 5.88 Å². The summed E-state index contributed by atoms with van der Waals surface area (Å²) in [5.74, 6) is 0.638. The molecule has 2 aromatic carbocycles. The van der Waals surface area contributed by atoms with Crippen LogP contribution in [0.15, 0.2) is 79.3 Å². The number of nitrogens with one attached hydrogen (secondary N) is 2. The highest BCUT2D eigenvalue weighted by atomic mass is 16.5. The Bertz CT molecular complexity index is 1250. The van der Waals surface area contributed by atoms with E-state index < -0.39 is 0 Å². The van der Waals surface area contributed by atoms with Crippen LogP contribution in [0.4, 0.5) is 5.69 Å². The highest BCUT2D eigenvalue weighted by Crippen LogP contribution is 2.31. The number of rotatable bonds is 6. The van der Waals surface area contributed by atoms with E-state index in [-0.39, 0.29) is 6.10 Å². The SMILES string of the molecule is Cc1cc(C#N)ccc1CCNCC1CNc2cc(-c3cnn(C)c3)cnc2O1.c1ccccc1. The first-order valence-electron chi connectivity index (χ1n) is 11.7. The lowest BCUT2D eigenvalue weighted by Crippen LogP contribution is -2.40. The summed E-state index contributed by atoms with van der Waals surface area (Å²) in [6.07, 6.45) is 6.56. The molecule has 0 spiro atoms. The highest BCUT2D eigenvalue weighted by Gasteiger charge is 2.21. The van der Waals surface area contributed by atoms with Crippen molar-refractivity contribution in [2.24, 2.45) is 7.05 Å². The van der Waals surface area contributed by atoms with Crippen molar-refractivity contribution in [1.29, 1.82) is 5.26 Å².